The number of anilines is 1. The molecule has 0 bridgehead atoms. The van der Waals surface area contributed by atoms with Crippen molar-refractivity contribution in [2.24, 2.45) is 4.99 Å². The molecule has 2 aromatic carbocycles. The van der Waals surface area contributed by atoms with Gasteiger partial charge in [-0.3, -0.25) is 9.36 Å². The Balaban J connectivity index is 1.97. The Kier molecular flexibility index (Phi) is 9.60. The van der Waals surface area contributed by atoms with Crippen molar-refractivity contribution in [2.45, 2.75) is 33.7 Å². The number of rotatable bonds is 10. The summed E-state index contributed by atoms with van der Waals surface area (Å²) >= 11 is 4.94. The second-order valence-electron chi connectivity index (χ2n) is 9.13. The van der Waals surface area contributed by atoms with E-state index in [1.165, 1.54) is 23.0 Å². The molecule has 11 heteroatoms. The normalized spacial score (nSPS) is 14.8. The molecule has 0 saturated heterocycles. The molecule has 1 aliphatic rings. The number of carbonyl (C=O) groups is 1. The van der Waals surface area contributed by atoms with Crippen molar-refractivity contribution >= 4 is 45.0 Å². The van der Waals surface area contributed by atoms with Gasteiger partial charge >= 0.3 is 5.97 Å². The summed E-state index contributed by atoms with van der Waals surface area (Å²) in [5.41, 5.74) is 2.81. The van der Waals surface area contributed by atoms with Crippen LogP contribution in [0, 0.1) is 0 Å². The Bertz CT molecular complexity index is 1670. The Morgan fingerprint density at radius 2 is 1.78 bits per heavy atom. The van der Waals surface area contributed by atoms with Gasteiger partial charge in [0.1, 0.15) is 23.3 Å². The fourth-order valence-corrected chi connectivity index (χ4v) is 6.57. The molecule has 4 rings (SSSR count). The largest absolute Gasteiger partial charge is 0.497 e. The molecule has 2 heterocycles. The molecule has 218 valence electrons. The molecule has 1 atom stereocenters. The molecule has 41 heavy (non-hydrogen) atoms. The van der Waals surface area contributed by atoms with Gasteiger partial charge in [-0.2, -0.15) is 0 Å². The zero-order valence-corrected chi connectivity index (χ0v) is 26.6. The van der Waals surface area contributed by atoms with Crippen LogP contribution in [-0.2, 0) is 9.53 Å². The number of hydrogen-bond acceptors (Lipinski definition) is 9. The maximum absolute atomic E-state index is 14.1. The predicted octanol–water partition coefficient (Wildman–Crippen LogP) is 4.43. The minimum Gasteiger partial charge on any atom is -0.497 e. The quantitative estimate of drug-likeness (QED) is 0.302. The number of halogens is 1. The van der Waals surface area contributed by atoms with E-state index in [4.69, 9.17) is 18.9 Å². The van der Waals surface area contributed by atoms with Gasteiger partial charge in [0.25, 0.3) is 5.56 Å². The maximum atomic E-state index is 14.1. The topological polar surface area (TPSA) is 91.6 Å². The van der Waals surface area contributed by atoms with E-state index in [1.807, 2.05) is 12.1 Å². The van der Waals surface area contributed by atoms with Crippen LogP contribution in [0.5, 0.6) is 17.2 Å². The van der Waals surface area contributed by atoms with E-state index >= 15 is 0 Å². The van der Waals surface area contributed by atoms with Crippen LogP contribution in [0.25, 0.3) is 6.08 Å². The highest BCUT2D eigenvalue weighted by Gasteiger charge is 2.35. The van der Waals surface area contributed by atoms with Crippen molar-refractivity contribution in [3.8, 4) is 17.2 Å². The van der Waals surface area contributed by atoms with E-state index in [0.29, 0.717) is 37.8 Å². The monoisotopic (exact) mass is 643 g/mol. The Hall–Kier alpha value is -3.57. The second-order valence-corrected chi connectivity index (χ2v) is 11.0. The number of nitrogens with zero attached hydrogens (tertiary/aromatic N) is 3. The fraction of sp³-hybridized carbons (Fsp3) is 0.367. The summed E-state index contributed by atoms with van der Waals surface area (Å²) in [7, 11) is 4.71. The molecular formula is C30H34BrN3O6S. The summed E-state index contributed by atoms with van der Waals surface area (Å²) < 4.78 is 25.1. The van der Waals surface area contributed by atoms with E-state index in [2.05, 4.69) is 39.7 Å². The second kappa shape index (κ2) is 12.9. The fourth-order valence-electron chi connectivity index (χ4n) is 4.93. The summed E-state index contributed by atoms with van der Waals surface area (Å²) in [5.74, 6) is 1.15. The lowest BCUT2D eigenvalue weighted by molar-refractivity contribution is -0.139. The number of carbonyl (C=O) groups excluding carboxylic acids is 1. The molecule has 3 aromatic rings. The molecule has 0 amide bonds. The summed E-state index contributed by atoms with van der Waals surface area (Å²) in [6, 6.07) is 8.39. The molecule has 9 nitrogen and oxygen atoms in total. The van der Waals surface area contributed by atoms with Crippen molar-refractivity contribution in [1.82, 2.24) is 4.57 Å². The SMILES string of the molecule is CCOC(=O)C1=C(C)N=c2sc(=Cc3cc(Br)c(N(CC)CC)cc3OC)c(=O)n2[C@@H]1c1ccc(OC)cc1OC. The first-order chi connectivity index (χ1) is 19.7. The summed E-state index contributed by atoms with van der Waals surface area (Å²) in [6.07, 6.45) is 1.80. The van der Waals surface area contributed by atoms with Gasteiger partial charge in [-0.1, -0.05) is 11.3 Å². The summed E-state index contributed by atoms with van der Waals surface area (Å²) in [6.45, 7) is 9.54. The van der Waals surface area contributed by atoms with Gasteiger partial charge in [0.15, 0.2) is 4.80 Å². The first-order valence-electron chi connectivity index (χ1n) is 13.3. The number of fused-ring (bicyclic) bond motifs is 1. The number of aromatic nitrogens is 1. The van der Waals surface area contributed by atoms with Crippen LogP contribution in [-0.4, -0.2) is 51.6 Å². The number of thiazole rings is 1. The van der Waals surface area contributed by atoms with Crippen molar-refractivity contribution in [3.63, 3.8) is 0 Å². The van der Waals surface area contributed by atoms with Crippen molar-refractivity contribution < 1.29 is 23.7 Å². The molecule has 0 saturated carbocycles. The van der Waals surface area contributed by atoms with Gasteiger partial charge in [-0.05, 0) is 67.9 Å². The Labute approximate surface area is 251 Å². The highest BCUT2D eigenvalue weighted by molar-refractivity contribution is 9.10. The minimum absolute atomic E-state index is 0.185. The molecule has 1 aromatic heterocycles. The number of allylic oxidation sites excluding steroid dienone is 1. The molecule has 0 unspecified atom stereocenters. The Morgan fingerprint density at radius 3 is 2.39 bits per heavy atom. The lowest BCUT2D eigenvalue weighted by Gasteiger charge is -2.26. The third-order valence-electron chi connectivity index (χ3n) is 6.94. The molecule has 0 N–H and O–H groups in total. The highest BCUT2D eigenvalue weighted by atomic mass is 79.9. The van der Waals surface area contributed by atoms with E-state index in [0.717, 1.165) is 28.8 Å². The van der Waals surface area contributed by atoms with E-state index < -0.39 is 12.0 Å². The molecule has 0 spiro atoms. The number of ether oxygens (including phenoxy) is 4. The number of methoxy groups -OCH3 is 3. The van der Waals surface area contributed by atoms with Gasteiger partial charge in [-0.25, -0.2) is 9.79 Å². The molecule has 0 radical (unpaired) electrons. The first-order valence-corrected chi connectivity index (χ1v) is 14.9. The molecular weight excluding hydrogens is 610 g/mol. The van der Waals surface area contributed by atoms with Crippen LogP contribution in [0.1, 0.15) is 44.9 Å². The van der Waals surface area contributed by atoms with Crippen LogP contribution in [0.3, 0.4) is 0 Å². The standard InChI is InChI=1S/C30H34BrN3O6S/c1-8-33(9-2)22-16-23(38-6)18(13-21(22)31)14-25-28(35)34-27(20-12-11-19(37-5)15-24(20)39-7)26(29(36)40-10-3)17(4)32-30(34)41-25/h11-16,27H,8-10H2,1-7H3/t27-/m1/s1. The number of esters is 1. The van der Waals surface area contributed by atoms with Gasteiger partial charge in [0.2, 0.25) is 0 Å². The number of benzene rings is 2. The zero-order valence-electron chi connectivity index (χ0n) is 24.2. The molecule has 0 fully saturated rings. The summed E-state index contributed by atoms with van der Waals surface area (Å²) in [4.78, 5) is 34.7. The van der Waals surface area contributed by atoms with E-state index in [9.17, 15) is 9.59 Å². The smallest absolute Gasteiger partial charge is 0.338 e. The lowest BCUT2D eigenvalue weighted by atomic mass is 9.95. The average Bonchev–Trinajstić information content (AvgIpc) is 3.27. The summed E-state index contributed by atoms with van der Waals surface area (Å²) in [5, 5.41) is 0. The zero-order chi connectivity index (χ0) is 29.8. The van der Waals surface area contributed by atoms with E-state index in [1.54, 1.807) is 52.3 Å². The predicted molar refractivity (Wildman–Crippen MR) is 164 cm³/mol. The Morgan fingerprint density at radius 1 is 1.07 bits per heavy atom. The first kappa shape index (κ1) is 30.4. The van der Waals surface area contributed by atoms with Crippen LogP contribution in [0.4, 0.5) is 5.69 Å². The lowest BCUT2D eigenvalue weighted by Crippen LogP contribution is -2.40. The maximum Gasteiger partial charge on any atom is 0.338 e. The van der Waals surface area contributed by atoms with E-state index in [-0.39, 0.29) is 17.7 Å². The van der Waals surface area contributed by atoms with Crippen LogP contribution < -0.4 is 34.0 Å². The van der Waals surface area contributed by atoms with Gasteiger partial charge in [-0.15, -0.1) is 0 Å². The van der Waals surface area contributed by atoms with Crippen LogP contribution in [0.15, 0.2) is 55.9 Å². The average molecular weight is 645 g/mol. The third kappa shape index (κ3) is 5.78. The van der Waals surface area contributed by atoms with Crippen molar-refractivity contribution in [3.05, 3.63) is 76.9 Å². The minimum atomic E-state index is -0.813. The third-order valence-corrected chi connectivity index (χ3v) is 8.56. The van der Waals surface area contributed by atoms with Crippen LogP contribution >= 0.6 is 27.3 Å². The van der Waals surface area contributed by atoms with Crippen molar-refractivity contribution in [2.75, 3.05) is 45.9 Å². The molecule has 1 aliphatic heterocycles. The van der Waals surface area contributed by atoms with Gasteiger partial charge in [0, 0.05) is 40.8 Å². The van der Waals surface area contributed by atoms with Gasteiger partial charge in [0.05, 0.1) is 49.4 Å². The van der Waals surface area contributed by atoms with Gasteiger partial charge < -0.3 is 23.8 Å². The highest BCUT2D eigenvalue weighted by Crippen LogP contribution is 2.38. The van der Waals surface area contributed by atoms with Crippen LogP contribution in [0.2, 0.25) is 0 Å². The van der Waals surface area contributed by atoms with Crippen molar-refractivity contribution in [1.29, 1.82) is 0 Å². The molecule has 0 aliphatic carbocycles. The number of hydrogen-bond donors (Lipinski definition) is 0.